The first-order valence-corrected chi connectivity index (χ1v) is 6.62. The largest absolute Gasteiger partial charge is 0.391 e. The molecule has 8 heteroatoms. The Labute approximate surface area is 117 Å². The highest BCUT2D eigenvalue weighted by atomic mass is 16.7. The Hall–Kier alpha value is -0.320. The molecule has 2 heterocycles. The van der Waals surface area contributed by atoms with Crippen molar-refractivity contribution < 1.29 is 33.9 Å². The lowest BCUT2D eigenvalue weighted by molar-refractivity contribution is -0.320. The maximum absolute atomic E-state index is 10.2. The van der Waals surface area contributed by atoms with E-state index in [1.807, 2.05) is 0 Å². The summed E-state index contributed by atoms with van der Waals surface area (Å²) in [6.07, 6.45) is -4.49. The normalized spacial score (nSPS) is 46.4. The van der Waals surface area contributed by atoms with Crippen LogP contribution >= 0.6 is 0 Å². The van der Waals surface area contributed by atoms with E-state index in [-0.39, 0.29) is 6.10 Å². The molecule has 0 saturated carbocycles. The Morgan fingerprint density at radius 3 is 2.40 bits per heavy atom. The molecule has 0 aliphatic carbocycles. The van der Waals surface area contributed by atoms with Crippen molar-refractivity contribution in [2.75, 3.05) is 27.4 Å². The summed E-state index contributed by atoms with van der Waals surface area (Å²) in [6, 6.07) is 0. The number of hydrogen-bond acceptors (Lipinski definition) is 8. The highest BCUT2D eigenvalue weighted by Crippen LogP contribution is 2.26. The number of ether oxygens (including phenoxy) is 5. The van der Waals surface area contributed by atoms with Crippen LogP contribution in [0.4, 0.5) is 0 Å². The van der Waals surface area contributed by atoms with Crippen molar-refractivity contribution in [1.82, 2.24) is 0 Å². The topological polar surface area (TPSA) is 113 Å². The number of aliphatic hydroxyl groups is 2. The summed E-state index contributed by atoms with van der Waals surface area (Å²) in [7, 11) is 2.89. The molecule has 20 heavy (non-hydrogen) atoms. The molecule has 2 aliphatic heterocycles. The van der Waals surface area contributed by atoms with E-state index in [4.69, 9.17) is 29.4 Å². The molecular weight excluding hydrogens is 270 g/mol. The van der Waals surface area contributed by atoms with E-state index in [1.165, 1.54) is 14.2 Å². The fraction of sp³-hybridized carbons (Fsp3) is 1.00. The Morgan fingerprint density at radius 2 is 1.80 bits per heavy atom. The first-order valence-electron chi connectivity index (χ1n) is 6.62. The lowest BCUT2D eigenvalue weighted by Gasteiger charge is -2.43. The zero-order chi connectivity index (χ0) is 14.7. The third-order valence-electron chi connectivity index (χ3n) is 3.58. The average Bonchev–Trinajstić information content (AvgIpc) is 2.39. The lowest BCUT2D eigenvalue weighted by Crippen LogP contribution is -2.62. The molecule has 0 aromatic carbocycles. The quantitative estimate of drug-likeness (QED) is 0.556. The smallest absolute Gasteiger partial charge is 0.188 e. The van der Waals surface area contributed by atoms with E-state index in [1.54, 1.807) is 0 Å². The Balaban J connectivity index is 1.98. The minimum atomic E-state index is -0.965. The number of nitrogens with two attached hydrogens (primary N) is 1. The predicted octanol–water partition coefficient (Wildman–Crippen LogP) is -1.82. The Bertz CT molecular complexity index is 306. The van der Waals surface area contributed by atoms with Crippen LogP contribution in [0.5, 0.6) is 0 Å². The van der Waals surface area contributed by atoms with Crippen molar-refractivity contribution >= 4 is 0 Å². The van der Waals surface area contributed by atoms with E-state index in [0.717, 1.165) is 0 Å². The minimum Gasteiger partial charge on any atom is -0.391 e. The van der Waals surface area contributed by atoms with E-state index < -0.39 is 36.9 Å². The van der Waals surface area contributed by atoms with Gasteiger partial charge in [0.25, 0.3) is 0 Å². The summed E-state index contributed by atoms with van der Waals surface area (Å²) in [4.78, 5) is 0. The second kappa shape index (κ2) is 7.10. The molecule has 2 aliphatic rings. The zero-order valence-corrected chi connectivity index (χ0v) is 11.7. The summed E-state index contributed by atoms with van der Waals surface area (Å²) < 4.78 is 26.8. The van der Waals surface area contributed by atoms with E-state index in [0.29, 0.717) is 19.6 Å². The zero-order valence-electron chi connectivity index (χ0n) is 11.7. The standard InChI is InChI=1S/C12H23NO7/c1-16-9-8(15)10(17-2)12(20-11(9)13)19-7-3-6(14)4-18-5-7/h6-12,14-15H,3-5,13H2,1-2H3. The second-order valence-electron chi connectivity index (χ2n) is 5.05. The van der Waals surface area contributed by atoms with Crippen molar-refractivity contribution in [2.45, 2.75) is 49.5 Å². The van der Waals surface area contributed by atoms with Gasteiger partial charge in [-0.3, -0.25) is 0 Å². The number of rotatable bonds is 4. The molecule has 0 radical (unpaired) electrons. The van der Waals surface area contributed by atoms with Gasteiger partial charge in [0.2, 0.25) is 0 Å². The van der Waals surface area contributed by atoms with Gasteiger partial charge in [-0.05, 0) is 0 Å². The van der Waals surface area contributed by atoms with Crippen LogP contribution in [0.25, 0.3) is 0 Å². The first kappa shape index (κ1) is 16.1. The molecule has 0 aromatic rings. The summed E-state index contributed by atoms with van der Waals surface area (Å²) in [5.41, 5.74) is 5.80. The van der Waals surface area contributed by atoms with Crippen LogP contribution < -0.4 is 5.73 Å². The average molecular weight is 293 g/mol. The maximum Gasteiger partial charge on any atom is 0.188 e. The van der Waals surface area contributed by atoms with Gasteiger partial charge in [0.1, 0.15) is 24.5 Å². The molecular formula is C12H23NO7. The summed E-state index contributed by atoms with van der Waals surface area (Å²) >= 11 is 0. The van der Waals surface area contributed by atoms with Crippen molar-refractivity contribution in [2.24, 2.45) is 5.73 Å². The molecule has 0 aromatic heterocycles. The van der Waals surface area contributed by atoms with Crippen LogP contribution in [0.2, 0.25) is 0 Å². The van der Waals surface area contributed by atoms with Gasteiger partial charge in [0, 0.05) is 20.6 Å². The van der Waals surface area contributed by atoms with Crippen LogP contribution in [0.3, 0.4) is 0 Å². The van der Waals surface area contributed by atoms with E-state index >= 15 is 0 Å². The van der Waals surface area contributed by atoms with Crippen molar-refractivity contribution in [3.05, 3.63) is 0 Å². The molecule has 4 N–H and O–H groups in total. The lowest BCUT2D eigenvalue weighted by atomic mass is 10.0. The monoisotopic (exact) mass is 293 g/mol. The van der Waals surface area contributed by atoms with E-state index in [2.05, 4.69) is 0 Å². The molecule has 0 spiro atoms. The van der Waals surface area contributed by atoms with Crippen LogP contribution in [0, 0.1) is 0 Å². The minimum absolute atomic E-state index is 0.299. The van der Waals surface area contributed by atoms with Crippen molar-refractivity contribution in [3.63, 3.8) is 0 Å². The van der Waals surface area contributed by atoms with Gasteiger partial charge in [0.15, 0.2) is 6.29 Å². The van der Waals surface area contributed by atoms with Gasteiger partial charge in [-0.2, -0.15) is 0 Å². The summed E-state index contributed by atoms with van der Waals surface area (Å²) in [5, 5.41) is 19.7. The molecule has 0 bridgehead atoms. The third kappa shape index (κ3) is 3.46. The molecule has 8 nitrogen and oxygen atoms in total. The highest BCUT2D eigenvalue weighted by Gasteiger charge is 2.46. The molecule has 2 fully saturated rings. The van der Waals surface area contributed by atoms with Crippen LogP contribution in [-0.4, -0.2) is 80.7 Å². The number of methoxy groups -OCH3 is 2. The SMILES string of the molecule is COC1C(N)OC(OC2COCC(O)C2)C(OC)C1O. The molecule has 7 atom stereocenters. The van der Waals surface area contributed by atoms with Gasteiger partial charge in [-0.25, -0.2) is 0 Å². The van der Waals surface area contributed by atoms with Crippen molar-refractivity contribution in [3.8, 4) is 0 Å². The second-order valence-corrected chi connectivity index (χ2v) is 5.05. The van der Waals surface area contributed by atoms with Crippen LogP contribution in [0.1, 0.15) is 6.42 Å². The summed E-state index contributed by atoms with van der Waals surface area (Å²) in [5.74, 6) is 0. The van der Waals surface area contributed by atoms with Crippen LogP contribution in [0.15, 0.2) is 0 Å². The fourth-order valence-corrected chi connectivity index (χ4v) is 2.55. The molecule has 118 valence electrons. The van der Waals surface area contributed by atoms with E-state index in [9.17, 15) is 10.2 Å². The number of aliphatic hydroxyl groups excluding tert-OH is 2. The molecule has 2 saturated heterocycles. The van der Waals surface area contributed by atoms with Gasteiger partial charge < -0.3 is 39.6 Å². The third-order valence-corrected chi connectivity index (χ3v) is 3.58. The first-order chi connectivity index (χ1) is 9.56. The molecule has 2 rings (SSSR count). The van der Waals surface area contributed by atoms with Gasteiger partial charge in [-0.1, -0.05) is 0 Å². The van der Waals surface area contributed by atoms with Crippen molar-refractivity contribution in [1.29, 1.82) is 0 Å². The predicted molar refractivity (Wildman–Crippen MR) is 66.8 cm³/mol. The Morgan fingerprint density at radius 1 is 1.10 bits per heavy atom. The van der Waals surface area contributed by atoms with Gasteiger partial charge in [0.05, 0.1) is 25.4 Å². The fourth-order valence-electron chi connectivity index (χ4n) is 2.55. The molecule has 7 unspecified atom stereocenters. The van der Waals surface area contributed by atoms with Crippen LogP contribution in [-0.2, 0) is 23.7 Å². The summed E-state index contributed by atoms with van der Waals surface area (Å²) in [6.45, 7) is 0.652. The maximum atomic E-state index is 10.2. The number of hydrogen-bond donors (Lipinski definition) is 3. The van der Waals surface area contributed by atoms with Gasteiger partial charge in [-0.15, -0.1) is 0 Å². The van der Waals surface area contributed by atoms with Gasteiger partial charge >= 0.3 is 0 Å². The highest BCUT2D eigenvalue weighted by molar-refractivity contribution is 4.89. The Kier molecular flexibility index (Phi) is 5.70. The molecule has 0 amide bonds.